The second kappa shape index (κ2) is 10.9. The summed E-state index contributed by atoms with van der Waals surface area (Å²) in [7, 11) is 1.42. The molecule has 2 rings (SSSR count). The first-order valence-corrected chi connectivity index (χ1v) is 9.40. The zero-order chi connectivity index (χ0) is 19.2. The van der Waals surface area contributed by atoms with E-state index in [1.165, 1.54) is 7.11 Å². The fraction of sp³-hybridized carbons (Fsp3) is 0.833. The normalized spacial score (nSPS) is 19.0. The van der Waals surface area contributed by atoms with Crippen molar-refractivity contribution in [2.75, 3.05) is 39.8 Å². The van der Waals surface area contributed by atoms with Gasteiger partial charge in [-0.2, -0.15) is 0 Å². The summed E-state index contributed by atoms with van der Waals surface area (Å²) >= 11 is 0. The summed E-state index contributed by atoms with van der Waals surface area (Å²) in [5.74, 6) is 0.774. The average Bonchev–Trinajstić information content (AvgIpc) is 2.98. The van der Waals surface area contributed by atoms with Crippen molar-refractivity contribution in [1.82, 2.24) is 15.1 Å². The van der Waals surface area contributed by atoms with Gasteiger partial charge in [-0.25, -0.2) is 4.79 Å². The van der Waals surface area contributed by atoms with E-state index in [-0.39, 0.29) is 42.1 Å². The molecule has 0 aromatic rings. The smallest absolute Gasteiger partial charge is 0.410 e. The molecule has 2 aliphatic heterocycles. The van der Waals surface area contributed by atoms with E-state index >= 15 is 0 Å². The molecule has 0 aromatic heterocycles. The topological polar surface area (TPSA) is 83.5 Å². The molecule has 0 spiro atoms. The van der Waals surface area contributed by atoms with Gasteiger partial charge in [0.1, 0.15) is 5.60 Å². The van der Waals surface area contributed by atoms with Gasteiger partial charge >= 0.3 is 12.1 Å². The molecule has 0 bridgehead atoms. The van der Waals surface area contributed by atoms with Crippen LogP contribution in [-0.2, 0) is 14.3 Å². The van der Waals surface area contributed by atoms with E-state index in [2.05, 4.69) is 19.9 Å². The number of fused-ring (bicyclic) bond motifs is 1. The maximum absolute atomic E-state index is 12.2. The lowest BCUT2D eigenvalue weighted by atomic mass is 10.2. The summed E-state index contributed by atoms with van der Waals surface area (Å²) in [5, 5.41) is 3.39. The van der Waals surface area contributed by atoms with Gasteiger partial charge in [0, 0.05) is 32.6 Å². The summed E-state index contributed by atoms with van der Waals surface area (Å²) in [6.07, 6.45) is 3.04. The van der Waals surface area contributed by atoms with Gasteiger partial charge in [-0.15, -0.1) is 24.0 Å². The van der Waals surface area contributed by atoms with Crippen molar-refractivity contribution in [3.63, 3.8) is 0 Å². The van der Waals surface area contributed by atoms with Gasteiger partial charge in [0.05, 0.1) is 19.7 Å². The molecule has 1 amide bonds. The fourth-order valence-electron chi connectivity index (χ4n) is 3.10. The largest absolute Gasteiger partial charge is 0.469 e. The lowest BCUT2D eigenvalue weighted by Crippen LogP contribution is -2.57. The van der Waals surface area contributed by atoms with Gasteiger partial charge in [0.2, 0.25) is 0 Å². The van der Waals surface area contributed by atoms with E-state index in [9.17, 15) is 9.59 Å². The molecule has 2 aliphatic rings. The number of rotatable bonds is 6. The predicted molar refractivity (Wildman–Crippen MR) is 115 cm³/mol. The van der Waals surface area contributed by atoms with Crippen molar-refractivity contribution in [2.45, 2.75) is 58.1 Å². The fourth-order valence-corrected chi connectivity index (χ4v) is 3.10. The number of esters is 1. The van der Waals surface area contributed by atoms with E-state index in [0.717, 1.165) is 38.3 Å². The Balaban J connectivity index is 0.00000364. The average molecular weight is 496 g/mol. The third-order valence-corrected chi connectivity index (χ3v) is 4.43. The standard InChI is InChI=1S/C18H32N4O4.HI/c1-18(2,3)26-17(24)21-10-11-22-14(13-21)12-20-16(22)19-9-7-5-6-8-15(23)25-4;/h14H,5-13H2,1-4H3,(H,19,20);1H. The minimum Gasteiger partial charge on any atom is -0.469 e. The first-order chi connectivity index (χ1) is 12.3. The molecule has 2 heterocycles. The first kappa shape index (κ1) is 23.8. The van der Waals surface area contributed by atoms with Crippen LogP contribution in [0.25, 0.3) is 0 Å². The molecule has 9 heteroatoms. The number of hydrogen-bond acceptors (Lipinski definition) is 7. The van der Waals surface area contributed by atoms with Crippen molar-refractivity contribution in [2.24, 2.45) is 4.99 Å². The molecule has 1 atom stereocenters. The molecule has 1 unspecified atom stereocenters. The van der Waals surface area contributed by atoms with Crippen molar-refractivity contribution in [1.29, 1.82) is 0 Å². The number of piperazine rings is 1. The van der Waals surface area contributed by atoms with Crippen LogP contribution in [0.2, 0.25) is 0 Å². The highest BCUT2D eigenvalue weighted by atomic mass is 127. The summed E-state index contributed by atoms with van der Waals surface area (Å²) in [5.41, 5.74) is -0.471. The minimum atomic E-state index is -0.471. The molecule has 1 saturated heterocycles. The molecule has 156 valence electrons. The summed E-state index contributed by atoms with van der Waals surface area (Å²) in [6, 6.07) is 0.220. The van der Waals surface area contributed by atoms with Crippen LogP contribution in [0.3, 0.4) is 0 Å². The van der Waals surface area contributed by atoms with Crippen LogP contribution in [0.4, 0.5) is 4.79 Å². The number of carbonyl (C=O) groups excluding carboxylic acids is 2. The lowest BCUT2D eigenvalue weighted by molar-refractivity contribution is -0.140. The molecule has 0 saturated carbocycles. The van der Waals surface area contributed by atoms with Gasteiger partial charge in [-0.05, 0) is 33.6 Å². The molecule has 0 aromatic carbocycles. The molecule has 0 radical (unpaired) electrons. The molecule has 27 heavy (non-hydrogen) atoms. The third-order valence-electron chi connectivity index (χ3n) is 4.43. The maximum atomic E-state index is 12.2. The monoisotopic (exact) mass is 496 g/mol. The van der Waals surface area contributed by atoms with Crippen LogP contribution < -0.4 is 5.32 Å². The number of ether oxygens (including phenoxy) is 2. The Morgan fingerprint density at radius 3 is 2.63 bits per heavy atom. The van der Waals surface area contributed by atoms with Gasteiger partial charge in [0.25, 0.3) is 0 Å². The number of carbonyl (C=O) groups is 2. The van der Waals surface area contributed by atoms with Crippen molar-refractivity contribution in [3.05, 3.63) is 0 Å². The van der Waals surface area contributed by atoms with Crippen LogP contribution in [0.15, 0.2) is 4.99 Å². The Hall–Kier alpha value is -1.26. The Morgan fingerprint density at radius 2 is 1.96 bits per heavy atom. The highest BCUT2D eigenvalue weighted by molar-refractivity contribution is 14.0. The minimum absolute atomic E-state index is 0. The molecular formula is C18H33IN4O4. The number of methoxy groups -OCH3 is 1. The van der Waals surface area contributed by atoms with Gasteiger partial charge in [0.15, 0.2) is 5.96 Å². The van der Waals surface area contributed by atoms with Crippen molar-refractivity contribution >= 4 is 42.0 Å². The van der Waals surface area contributed by atoms with Gasteiger partial charge < -0.3 is 24.6 Å². The SMILES string of the molecule is COC(=O)CCCCCNC1=NCC2CN(C(=O)OC(C)(C)C)CCN12.I. The highest BCUT2D eigenvalue weighted by Gasteiger charge is 2.36. The summed E-state index contributed by atoms with van der Waals surface area (Å²) < 4.78 is 10.1. The van der Waals surface area contributed by atoms with E-state index in [4.69, 9.17) is 4.74 Å². The molecule has 8 nitrogen and oxygen atoms in total. The van der Waals surface area contributed by atoms with E-state index in [1.54, 1.807) is 4.90 Å². The van der Waals surface area contributed by atoms with Crippen LogP contribution in [0.1, 0.15) is 46.5 Å². The lowest BCUT2D eigenvalue weighted by Gasteiger charge is -2.39. The van der Waals surface area contributed by atoms with Crippen molar-refractivity contribution in [3.8, 4) is 0 Å². The van der Waals surface area contributed by atoms with Crippen LogP contribution in [0, 0.1) is 0 Å². The van der Waals surface area contributed by atoms with Gasteiger partial charge in [-0.3, -0.25) is 9.79 Å². The predicted octanol–water partition coefficient (Wildman–Crippen LogP) is 2.22. The summed E-state index contributed by atoms with van der Waals surface area (Å²) in [4.78, 5) is 31.9. The second-order valence-corrected chi connectivity index (χ2v) is 7.75. The van der Waals surface area contributed by atoms with E-state index < -0.39 is 5.60 Å². The van der Waals surface area contributed by atoms with E-state index in [1.807, 2.05) is 20.8 Å². The maximum Gasteiger partial charge on any atom is 0.410 e. The number of halogens is 1. The summed E-state index contributed by atoms with van der Waals surface area (Å²) in [6.45, 7) is 9.22. The Bertz CT molecular complexity index is 536. The third kappa shape index (κ3) is 7.71. The van der Waals surface area contributed by atoms with Gasteiger partial charge in [-0.1, -0.05) is 6.42 Å². The molecule has 1 fully saturated rings. The number of unbranched alkanes of at least 4 members (excludes halogenated alkanes) is 2. The Kier molecular flexibility index (Phi) is 9.61. The number of guanidine groups is 1. The van der Waals surface area contributed by atoms with Crippen molar-refractivity contribution < 1.29 is 19.1 Å². The Morgan fingerprint density at radius 1 is 1.22 bits per heavy atom. The molecule has 0 aliphatic carbocycles. The number of aliphatic imine (C=N–C) groups is 1. The van der Waals surface area contributed by atoms with Crippen LogP contribution in [-0.4, -0.2) is 79.3 Å². The first-order valence-electron chi connectivity index (χ1n) is 9.40. The number of nitrogens with zero attached hydrogens (tertiary/aromatic N) is 3. The number of nitrogens with one attached hydrogen (secondary N) is 1. The van der Waals surface area contributed by atoms with E-state index in [0.29, 0.717) is 26.1 Å². The molecule has 1 N–H and O–H groups in total. The Labute approximate surface area is 179 Å². The van der Waals surface area contributed by atoms with Crippen LogP contribution >= 0.6 is 24.0 Å². The zero-order valence-corrected chi connectivity index (χ0v) is 19.2. The highest BCUT2D eigenvalue weighted by Crippen LogP contribution is 2.18. The quantitative estimate of drug-likeness (QED) is 0.345. The second-order valence-electron chi connectivity index (χ2n) is 7.75. The zero-order valence-electron chi connectivity index (χ0n) is 16.8. The molecular weight excluding hydrogens is 463 g/mol. The van der Waals surface area contributed by atoms with Crippen LogP contribution in [0.5, 0.6) is 0 Å². The number of amides is 1. The number of hydrogen-bond donors (Lipinski definition) is 1.